The summed E-state index contributed by atoms with van der Waals surface area (Å²) >= 11 is 0. The number of aromatic hydroxyl groups is 1. The second-order valence-electron chi connectivity index (χ2n) is 4.88. The molecule has 1 unspecified atom stereocenters. The highest BCUT2D eigenvalue weighted by atomic mass is 16.5. The van der Waals surface area contributed by atoms with E-state index in [-0.39, 0.29) is 23.4 Å². The molecular weight excluding hydrogens is 274 g/mol. The Kier molecular flexibility index (Phi) is 3.53. The van der Waals surface area contributed by atoms with Crippen LogP contribution in [0.5, 0.6) is 5.75 Å². The lowest BCUT2D eigenvalue weighted by atomic mass is 10.2. The molecule has 0 spiro atoms. The molecule has 2 aromatic rings. The van der Waals surface area contributed by atoms with Crippen LogP contribution in [0, 0.1) is 6.92 Å². The zero-order chi connectivity index (χ0) is 14.8. The Balaban J connectivity index is 1.74. The number of carbonyl (C=O) groups excluding carboxylic acids is 1. The molecule has 3 N–H and O–H groups in total. The molecule has 1 amide bonds. The number of rotatable bonds is 3. The van der Waals surface area contributed by atoms with E-state index in [1.165, 1.54) is 6.07 Å². The summed E-state index contributed by atoms with van der Waals surface area (Å²) in [6, 6.07) is 3.11. The number of nitrogens with one attached hydrogen (secondary N) is 2. The largest absolute Gasteiger partial charge is 0.504 e. The van der Waals surface area contributed by atoms with Gasteiger partial charge in [-0.3, -0.25) is 4.79 Å². The molecule has 1 saturated heterocycles. The lowest BCUT2D eigenvalue weighted by Crippen LogP contribution is -2.16. The van der Waals surface area contributed by atoms with Crippen LogP contribution in [0.2, 0.25) is 0 Å². The van der Waals surface area contributed by atoms with Crippen LogP contribution in [-0.2, 0) is 0 Å². The average Bonchev–Trinajstić information content (AvgIpc) is 3.12. The average molecular weight is 289 g/mol. The second kappa shape index (κ2) is 5.49. The second-order valence-corrected chi connectivity index (χ2v) is 4.88. The summed E-state index contributed by atoms with van der Waals surface area (Å²) in [6.07, 6.45) is 1.94. The number of carbonyl (C=O) groups is 1. The molecule has 21 heavy (non-hydrogen) atoms. The van der Waals surface area contributed by atoms with Crippen molar-refractivity contribution in [3.05, 3.63) is 29.5 Å². The Morgan fingerprint density at radius 2 is 2.33 bits per heavy atom. The number of hydrogen-bond donors (Lipinski definition) is 3. The van der Waals surface area contributed by atoms with Crippen molar-refractivity contribution in [2.24, 2.45) is 0 Å². The molecule has 0 aliphatic carbocycles. The molecule has 1 aliphatic rings. The normalized spacial score (nSPS) is 17.9. The van der Waals surface area contributed by atoms with Crippen LogP contribution < -0.4 is 10.6 Å². The highest BCUT2D eigenvalue weighted by Gasteiger charge is 2.24. The fourth-order valence-electron chi connectivity index (χ4n) is 2.17. The lowest BCUT2D eigenvalue weighted by Gasteiger charge is -2.04. The Hall–Kier alpha value is -2.48. The molecule has 1 atom stereocenters. The molecule has 0 radical (unpaired) electrons. The SMILES string of the molecule is Cc1ccc(O)c(NC(=O)c2noc(C3CCCN3)n2)n1. The molecule has 1 aliphatic heterocycles. The van der Waals surface area contributed by atoms with Gasteiger partial charge >= 0.3 is 0 Å². The van der Waals surface area contributed by atoms with E-state index >= 15 is 0 Å². The van der Waals surface area contributed by atoms with Crippen LogP contribution in [0.1, 0.15) is 41.1 Å². The van der Waals surface area contributed by atoms with E-state index < -0.39 is 5.91 Å². The van der Waals surface area contributed by atoms with Gasteiger partial charge < -0.3 is 20.3 Å². The maximum atomic E-state index is 12.0. The zero-order valence-corrected chi connectivity index (χ0v) is 11.5. The van der Waals surface area contributed by atoms with Crippen molar-refractivity contribution in [1.29, 1.82) is 0 Å². The molecule has 0 saturated carbocycles. The third kappa shape index (κ3) is 2.84. The van der Waals surface area contributed by atoms with Gasteiger partial charge in [0, 0.05) is 5.69 Å². The van der Waals surface area contributed by atoms with Gasteiger partial charge in [-0.1, -0.05) is 5.16 Å². The standard InChI is InChI=1S/C13H15N5O3/c1-7-4-5-9(19)10(15-7)16-12(20)11-17-13(21-18-11)8-3-2-6-14-8/h4-5,8,14,19H,2-3,6H2,1H3,(H,15,16,20). The van der Waals surface area contributed by atoms with E-state index in [0.717, 1.165) is 19.4 Å². The maximum absolute atomic E-state index is 12.0. The Morgan fingerprint density at radius 3 is 3.10 bits per heavy atom. The van der Waals surface area contributed by atoms with Crippen LogP contribution in [0.15, 0.2) is 16.7 Å². The number of aromatic nitrogens is 3. The first kappa shape index (κ1) is 13.5. The summed E-state index contributed by atoms with van der Waals surface area (Å²) in [7, 11) is 0. The fourth-order valence-corrected chi connectivity index (χ4v) is 2.17. The minimum atomic E-state index is -0.573. The van der Waals surface area contributed by atoms with Crippen molar-refractivity contribution in [2.75, 3.05) is 11.9 Å². The molecule has 3 rings (SSSR count). The smallest absolute Gasteiger partial charge is 0.298 e. The minimum Gasteiger partial charge on any atom is -0.504 e. The number of anilines is 1. The topological polar surface area (TPSA) is 113 Å². The molecule has 0 bridgehead atoms. The van der Waals surface area contributed by atoms with Gasteiger partial charge in [0.1, 0.15) is 0 Å². The molecule has 0 aromatic carbocycles. The first-order chi connectivity index (χ1) is 10.1. The van der Waals surface area contributed by atoms with E-state index in [4.69, 9.17) is 4.52 Å². The van der Waals surface area contributed by atoms with E-state index in [0.29, 0.717) is 11.6 Å². The minimum absolute atomic E-state index is 0.00421. The fraction of sp³-hybridized carbons (Fsp3) is 0.385. The number of amides is 1. The van der Waals surface area contributed by atoms with E-state index in [2.05, 4.69) is 25.8 Å². The van der Waals surface area contributed by atoms with E-state index in [9.17, 15) is 9.90 Å². The Bertz CT molecular complexity index is 664. The van der Waals surface area contributed by atoms with Gasteiger partial charge in [-0.05, 0) is 38.4 Å². The van der Waals surface area contributed by atoms with Crippen LogP contribution in [-0.4, -0.2) is 32.7 Å². The molecule has 8 heteroatoms. The highest BCUT2D eigenvalue weighted by molar-refractivity contribution is 6.01. The van der Waals surface area contributed by atoms with Gasteiger partial charge in [-0.25, -0.2) is 4.98 Å². The monoisotopic (exact) mass is 289 g/mol. The molecular formula is C13H15N5O3. The molecule has 110 valence electrons. The van der Waals surface area contributed by atoms with Crippen molar-refractivity contribution in [1.82, 2.24) is 20.4 Å². The summed E-state index contributed by atoms with van der Waals surface area (Å²) in [4.78, 5) is 20.2. The van der Waals surface area contributed by atoms with Gasteiger partial charge in [0.05, 0.1) is 6.04 Å². The summed E-state index contributed by atoms with van der Waals surface area (Å²) < 4.78 is 5.09. The molecule has 8 nitrogen and oxygen atoms in total. The quantitative estimate of drug-likeness (QED) is 0.776. The van der Waals surface area contributed by atoms with Gasteiger partial charge in [0.25, 0.3) is 11.7 Å². The molecule has 3 heterocycles. The summed E-state index contributed by atoms with van der Waals surface area (Å²) in [5.41, 5.74) is 0.673. The van der Waals surface area contributed by atoms with Crippen molar-refractivity contribution >= 4 is 11.7 Å². The lowest BCUT2D eigenvalue weighted by molar-refractivity contribution is 0.101. The Morgan fingerprint density at radius 1 is 1.48 bits per heavy atom. The number of hydrogen-bond acceptors (Lipinski definition) is 7. The predicted octanol–water partition coefficient (Wildman–Crippen LogP) is 1.16. The third-order valence-electron chi connectivity index (χ3n) is 3.25. The summed E-state index contributed by atoms with van der Waals surface area (Å²) in [5.74, 6) is -0.294. The van der Waals surface area contributed by atoms with Gasteiger partial charge in [-0.15, -0.1) is 0 Å². The zero-order valence-electron chi connectivity index (χ0n) is 11.5. The molecule has 1 fully saturated rings. The van der Waals surface area contributed by atoms with Crippen molar-refractivity contribution in [3.8, 4) is 5.75 Å². The van der Waals surface area contributed by atoms with Crippen molar-refractivity contribution in [3.63, 3.8) is 0 Å². The maximum Gasteiger partial charge on any atom is 0.298 e. The van der Waals surface area contributed by atoms with Crippen LogP contribution in [0.25, 0.3) is 0 Å². The number of pyridine rings is 1. The van der Waals surface area contributed by atoms with Gasteiger partial charge in [0.2, 0.25) is 5.89 Å². The van der Waals surface area contributed by atoms with Crippen LogP contribution >= 0.6 is 0 Å². The number of aryl methyl sites for hydroxylation is 1. The van der Waals surface area contributed by atoms with E-state index in [1.54, 1.807) is 13.0 Å². The van der Waals surface area contributed by atoms with Crippen molar-refractivity contribution in [2.45, 2.75) is 25.8 Å². The summed E-state index contributed by atoms with van der Waals surface area (Å²) in [5, 5.41) is 19.0. The number of nitrogens with zero attached hydrogens (tertiary/aromatic N) is 3. The van der Waals surface area contributed by atoms with Crippen molar-refractivity contribution < 1.29 is 14.4 Å². The van der Waals surface area contributed by atoms with Gasteiger partial charge in [-0.2, -0.15) is 4.98 Å². The van der Waals surface area contributed by atoms with Crippen LogP contribution in [0.3, 0.4) is 0 Å². The summed E-state index contributed by atoms with van der Waals surface area (Å²) in [6.45, 7) is 2.66. The van der Waals surface area contributed by atoms with E-state index in [1.807, 2.05) is 0 Å². The van der Waals surface area contributed by atoms with Crippen LogP contribution in [0.4, 0.5) is 5.82 Å². The highest BCUT2D eigenvalue weighted by Crippen LogP contribution is 2.22. The molecule has 2 aromatic heterocycles. The first-order valence-electron chi connectivity index (χ1n) is 6.68. The predicted molar refractivity (Wildman–Crippen MR) is 72.9 cm³/mol. The first-order valence-corrected chi connectivity index (χ1v) is 6.68. The van der Waals surface area contributed by atoms with Gasteiger partial charge in [0.15, 0.2) is 11.6 Å². The Labute approximate surface area is 120 Å². The third-order valence-corrected chi connectivity index (χ3v) is 3.25.